The summed E-state index contributed by atoms with van der Waals surface area (Å²) >= 11 is 2.24. The van der Waals surface area contributed by atoms with Gasteiger partial charge in [0, 0.05) is 12.0 Å². The first-order chi connectivity index (χ1) is 10.2. The lowest BCUT2D eigenvalue weighted by molar-refractivity contribution is 0.392. The zero-order valence-corrected chi connectivity index (χ0v) is 13.9. The van der Waals surface area contributed by atoms with E-state index in [2.05, 4.69) is 37.8 Å². The topological polar surface area (TPSA) is 86.8 Å². The van der Waals surface area contributed by atoms with Crippen molar-refractivity contribution in [3.8, 4) is 17.4 Å². The summed E-state index contributed by atoms with van der Waals surface area (Å²) in [7, 11) is 1.56. The summed E-state index contributed by atoms with van der Waals surface area (Å²) in [6.07, 6.45) is 4.84. The first kappa shape index (κ1) is 14.4. The molecule has 2 heterocycles. The van der Waals surface area contributed by atoms with Crippen molar-refractivity contribution < 1.29 is 4.74 Å². The van der Waals surface area contributed by atoms with E-state index in [1.54, 1.807) is 19.2 Å². The molecular formula is C14H16IN5O. The van der Waals surface area contributed by atoms with E-state index in [1.807, 2.05) is 0 Å². The minimum atomic E-state index is 0.466. The fraction of sp³-hybridized carbons (Fsp3) is 0.429. The summed E-state index contributed by atoms with van der Waals surface area (Å²) in [6.45, 7) is 0. The van der Waals surface area contributed by atoms with Crippen molar-refractivity contribution in [1.82, 2.24) is 20.2 Å². The van der Waals surface area contributed by atoms with Crippen LogP contribution in [0.5, 0.6) is 5.88 Å². The molecule has 0 aliphatic heterocycles. The number of nitrogens with two attached hydrogens (primary N) is 1. The van der Waals surface area contributed by atoms with E-state index in [-0.39, 0.29) is 0 Å². The van der Waals surface area contributed by atoms with E-state index in [4.69, 9.17) is 15.5 Å². The SMILES string of the molecule is COc1ccc(-c2nc(N)c(I)c(C3CCCC3)n2)nn1. The lowest BCUT2D eigenvalue weighted by Gasteiger charge is -2.13. The first-order valence-electron chi connectivity index (χ1n) is 6.90. The Morgan fingerprint density at radius 2 is 1.95 bits per heavy atom. The van der Waals surface area contributed by atoms with E-state index < -0.39 is 0 Å². The molecule has 6 nitrogen and oxygen atoms in total. The van der Waals surface area contributed by atoms with Crippen molar-refractivity contribution in [2.24, 2.45) is 0 Å². The van der Waals surface area contributed by atoms with Crippen LogP contribution in [-0.4, -0.2) is 27.3 Å². The van der Waals surface area contributed by atoms with Gasteiger partial charge in [0.05, 0.1) is 16.4 Å². The van der Waals surface area contributed by atoms with Gasteiger partial charge >= 0.3 is 0 Å². The molecule has 7 heteroatoms. The summed E-state index contributed by atoms with van der Waals surface area (Å²) in [5.41, 5.74) is 7.71. The minimum Gasteiger partial charge on any atom is -0.480 e. The summed E-state index contributed by atoms with van der Waals surface area (Å²) in [6, 6.07) is 3.54. The molecule has 0 bridgehead atoms. The molecule has 2 aromatic heterocycles. The molecule has 0 radical (unpaired) electrons. The maximum absolute atomic E-state index is 6.05. The number of anilines is 1. The number of hydrogen-bond donors (Lipinski definition) is 1. The van der Waals surface area contributed by atoms with Gasteiger partial charge in [-0.15, -0.1) is 10.2 Å². The normalized spacial score (nSPS) is 15.3. The first-order valence-corrected chi connectivity index (χ1v) is 7.98. The van der Waals surface area contributed by atoms with Crippen LogP contribution in [0.2, 0.25) is 0 Å². The summed E-state index contributed by atoms with van der Waals surface area (Å²) < 4.78 is 5.98. The molecule has 0 unspecified atom stereocenters. The highest BCUT2D eigenvalue weighted by atomic mass is 127. The number of methoxy groups -OCH3 is 1. The maximum atomic E-state index is 6.05. The second-order valence-corrected chi connectivity index (χ2v) is 6.15. The number of nitrogens with zero attached hydrogens (tertiary/aromatic N) is 4. The van der Waals surface area contributed by atoms with Gasteiger partial charge in [0.1, 0.15) is 11.5 Å². The zero-order valence-electron chi connectivity index (χ0n) is 11.7. The Balaban J connectivity index is 2.01. The molecular weight excluding hydrogens is 381 g/mol. The largest absolute Gasteiger partial charge is 0.480 e. The number of aromatic nitrogens is 4. The van der Waals surface area contributed by atoms with Gasteiger partial charge in [-0.05, 0) is 41.5 Å². The third-order valence-corrected chi connectivity index (χ3v) is 4.83. The van der Waals surface area contributed by atoms with Crippen LogP contribution < -0.4 is 10.5 Å². The van der Waals surface area contributed by atoms with Crippen LogP contribution in [0.4, 0.5) is 5.82 Å². The molecule has 1 fully saturated rings. The quantitative estimate of drug-likeness (QED) is 0.802. The number of halogens is 1. The van der Waals surface area contributed by atoms with Crippen molar-refractivity contribution in [3.05, 3.63) is 21.4 Å². The van der Waals surface area contributed by atoms with Crippen LogP contribution in [0, 0.1) is 3.57 Å². The van der Waals surface area contributed by atoms with Gasteiger partial charge in [-0.3, -0.25) is 0 Å². The van der Waals surface area contributed by atoms with E-state index in [0.717, 1.165) is 9.26 Å². The predicted molar refractivity (Wildman–Crippen MR) is 87.9 cm³/mol. The summed E-state index contributed by atoms with van der Waals surface area (Å²) in [5.74, 6) is 1.99. The van der Waals surface area contributed by atoms with Crippen LogP contribution in [-0.2, 0) is 0 Å². The predicted octanol–water partition coefficient (Wildman–Crippen LogP) is 2.79. The Kier molecular flexibility index (Phi) is 4.18. The average Bonchev–Trinajstić information content (AvgIpc) is 3.04. The highest BCUT2D eigenvalue weighted by Gasteiger charge is 2.23. The smallest absolute Gasteiger partial charge is 0.233 e. The highest BCUT2D eigenvalue weighted by Crippen LogP contribution is 2.37. The minimum absolute atomic E-state index is 0.466. The fourth-order valence-electron chi connectivity index (χ4n) is 2.62. The second-order valence-electron chi connectivity index (χ2n) is 5.07. The Morgan fingerprint density at radius 1 is 1.19 bits per heavy atom. The number of nitrogen functional groups attached to an aromatic ring is 1. The van der Waals surface area contributed by atoms with E-state index >= 15 is 0 Å². The third-order valence-electron chi connectivity index (χ3n) is 3.72. The molecule has 110 valence electrons. The van der Waals surface area contributed by atoms with Gasteiger partial charge in [-0.2, -0.15) is 0 Å². The van der Waals surface area contributed by atoms with Crippen LogP contribution in [0.25, 0.3) is 11.5 Å². The average molecular weight is 397 g/mol. The lowest BCUT2D eigenvalue weighted by Crippen LogP contribution is -2.08. The Hall–Kier alpha value is -1.51. The molecule has 2 N–H and O–H groups in total. The van der Waals surface area contributed by atoms with E-state index in [1.165, 1.54) is 25.7 Å². The molecule has 21 heavy (non-hydrogen) atoms. The molecule has 0 saturated heterocycles. The van der Waals surface area contributed by atoms with Gasteiger partial charge < -0.3 is 10.5 Å². The second kappa shape index (κ2) is 6.08. The van der Waals surface area contributed by atoms with E-state index in [9.17, 15) is 0 Å². The molecule has 0 atom stereocenters. The Bertz CT molecular complexity index is 641. The van der Waals surface area contributed by atoms with Gasteiger partial charge in [0.15, 0.2) is 5.82 Å². The lowest BCUT2D eigenvalue weighted by atomic mass is 10.0. The van der Waals surface area contributed by atoms with Crippen LogP contribution >= 0.6 is 22.6 Å². The molecule has 1 saturated carbocycles. The number of hydrogen-bond acceptors (Lipinski definition) is 6. The summed E-state index contributed by atoms with van der Waals surface area (Å²) in [5, 5.41) is 8.06. The van der Waals surface area contributed by atoms with Crippen molar-refractivity contribution in [1.29, 1.82) is 0 Å². The number of rotatable bonds is 3. The molecule has 0 amide bonds. The molecule has 0 aromatic carbocycles. The van der Waals surface area contributed by atoms with Gasteiger partial charge in [-0.1, -0.05) is 12.8 Å². The monoisotopic (exact) mass is 397 g/mol. The fourth-order valence-corrected chi connectivity index (χ4v) is 3.30. The van der Waals surface area contributed by atoms with Gasteiger partial charge in [0.2, 0.25) is 5.88 Å². The Morgan fingerprint density at radius 3 is 2.57 bits per heavy atom. The van der Waals surface area contributed by atoms with E-state index in [0.29, 0.717) is 29.1 Å². The van der Waals surface area contributed by atoms with Gasteiger partial charge in [0.25, 0.3) is 0 Å². The van der Waals surface area contributed by atoms with Crippen LogP contribution in [0.15, 0.2) is 12.1 Å². The molecule has 1 aliphatic rings. The molecule has 0 spiro atoms. The van der Waals surface area contributed by atoms with Crippen LogP contribution in [0.3, 0.4) is 0 Å². The van der Waals surface area contributed by atoms with Crippen molar-refractivity contribution in [2.45, 2.75) is 31.6 Å². The zero-order chi connectivity index (χ0) is 14.8. The third kappa shape index (κ3) is 2.92. The van der Waals surface area contributed by atoms with Crippen LogP contribution in [0.1, 0.15) is 37.3 Å². The van der Waals surface area contributed by atoms with Crippen molar-refractivity contribution in [3.63, 3.8) is 0 Å². The van der Waals surface area contributed by atoms with Crippen molar-refractivity contribution >= 4 is 28.4 Å². The molecule has 2 aromatic rings. The Labute approximate surface area is 136 Å². The standard InChI is InChI=1S/C14H16IN5O/c1-21-10-7-6-9(19-20-10)14-17-12(8-4-2-3-5-8)11(15)13(16)18-14/h6-8H,2-5H2,1H3,(H2,16,17,18). The molecule has 1 aliphatic carbocycles. The molecule has 3 rings (SSSR count). The summed E-state index contributed by atoms with van der Waals surface area (Å²) in [4.78, 5) is 9.05. The number of ether oxygens (including phenoxy) is 1. The van der Waals surface area contributed by atoms with Crippen molar-refractivity contribution in [2.75, 3.05) is 12.8 Å². The van der Waals surface area contributed by atoms with Gasteiger partial charge in [-0.25, -0.2) is 9.97 Å². The maximum Gasteiger partial charge on any atom is 0.233 e. The highest BCUT2D eigenvalue weighted by molar-refractivity contribution is 14.1.